The fraction of sp³-hybridized carbons (Fsp3) is 0.731. The van der Waals surface area contributed by atoms with Crippen LogP contribution in [0.2, 0.25) is 0 Å². The molecule has 0 spiro atoms. The number of hydrogen-bond acceptors (Lipinski definition) is 6. The molecule has 1 aromatic rings. The highest BCUT2D eigenvalue weighted by atomic mass is 16.6. The van der Waals surface area contributed by atoms with Gasteiger partial charge in [0.15, 0.2) is 0 Å². The molecular weight excluding hydrogens is 414 g/mol. The van der Waals surface area contributed by atoms with Gasteiger partial charge in [-0.2, -0.15) is 0 Å². The summed E-state index contributed by atoms with van der Waals surface area (Å²) in [6.07, 6.45) is 5.31. The van der Waals surface area contributed by atoms with Gasteiger partial charge in [-0.15, -0.1) is 0 Å². The second-order valence-corrected chi connectivity index (χ2v) is 9.52. The molecule has 5 N–H and O–H groups in total. The molecule has 1 rings (SSSR count). The van der Waals surface area contributed by atoms with E-state index < -0.39 is 5.60 Å². The number of nitrogens with one attached hydrogen (secondary N) is 5. The zero-order chi connectivity index (χ0) is 24.2. The molecule has 0 heterocycles. The average molecular weight is 464 g/mol. The lowest BCUT2D eigenvalue weighted by molar-refractivity contribution is 0.0527. The van der Waals surface area contributed by atoms with Crippen LogP contribution in [0.15, 0.2) is 24.3 Å². The van der Waals surface area contributed by atoms with Gasteiger partial charge in [-0.3, -0.25) is 0 Å². The van der Waals surface area contributed by atoms with E-state index in [2.05, 4.69) is 57.8 Å². The van der Waals surface area contributed by atoms with Crippen molar-refractivity contribution in [1.29, 1.82) is 0 Å². The van der Waals surface area contributed by atoms with Crippen molar-refractivity contribution in [3.05, 3.63) is 35.4 Å². The van der Waals surface area contributed by atoms with Crippen LogP contribution >= 0.6 is 0 Å². The van der Waals surface area contributed by atoms with E-state index in [0.29, 0.717) is 6.54 Å². The molecule has 0 aliphatic rings. The van der Waals surface area contributed by atoms with E-state index in [1.807, 2.05) is 20.8 Å². The number of benzene rings is 1. The summed E-state index contributed by atoms with van der Waals surface area (Å²) < 4.78 is 5.21. The lowest BCUT2D eigenvalue weighted by Crippen LogP contribution is -2.34. The Kier molecular flexibility index (Phi) is 16.7. The van der Waals surface area contributed by atoms with Crippen molar-refractivity contribution >= 4 is 6.09 Å². The van der Waals surface area contributed by atoms with Gasteiger partial charge in [0.05, 0.1) is 0 Å². The summed E-state index contributed by atoms with van der Waals surface area (Å²) in [5.74, 6) is 0. The van der Waals surface area contributed by atoms with Crippen molar-refractivity contribution in [2.75, 3.05) is 45.8 Å². The summed E-state index contributed by atoms with van der Waals surface area (Å²) in [5.41, 5.74) is 2.23. The molecule has 0 saturated heterocycles. The van der Waals surface area contributed by atoms with Crippen LogP contribution in [0, 0.1) is 0 Å². The van der Waals surface area contributed by atoms with E-state index >= 15 is 0 Å². The number of ether oxygens (including phenoxy) is 1. The van der Waals surface area contributed by atoms with Gasteiger partial charge in [-0.25, -0.2) is 4.79 Å². The van der Waals surface area contributed by atoms with Crippen LogP contribution in [0.3, 0.4) is 0 Å². The van der Waals surface area contributed by atoms with Crippen molar-refractivity contribution in [3.8, 4) is 0 Å². The van der Waals surface area contributed by atoms with Crippen LogP contribution in [-0.2, 0) is 17.8 Å². The Balaban J connectivity index is 1.98. The lowest BCUT2D eigenvalue weighted by Gasteiger charge is -2.19. The van der Waals surface area contributed by atoms with Crippen LogP contribution in [0.5, 0.6) is 0 Å². The third-order valence-electron chi connectivity index (χ3n) is 4.97. The first-order valence-corrected chi connectivity index (χ1v) is 12.8. The molecule has 0 aliphatic heterocycles. The standard InChI is InChI=1S/C26H49N5O2/c1-5-6-13-27-14-8-17-29-21-23-11-7-12-24(20-23)22-30-18-9-15-28-16-10-19-31-25(32)33-26(2,3)4/h7,11-12,20,27-30H,5-6,8-10,13-19,21-22H2,1-4H3,(H,31,32). The van der Waals surface area contributed by atoms with Crippen molar-refractivity contribution in [2.45, 2.75) is 78.5 Å². The van der Waals surface area contributed by atoms with Crippen LogP contribution in [0.4, 0.5) is 4.79 Å². The summed E-state index contributed by atoms with van der Waals surface area (Å²) in [7, 11) is 0. The van der Waals surface area contributed by atoms with Crippen LogP contribution in [0.25, 0.3) is 0 Å². The van der Waals surface area contributed by atoms with Gasteiger partial charge in [0.25, 0.3) is 0 Å². The molecule has 0 fully saturated rings. The quantitative estimate of drug-likeness (QED) is 0.202. The molecule has 1 amide bonds. The number of alkyl carbamates (subject to hydrolysis) is 1. The van der Waals surface area contributed by atoms with Gasteiger partial charge in [0, 0.05) is 19.6 Å². The van der Waals surface area contributed by atoms with E-state index in [0.717, 1.165) is 65.2 Å². The Hall–Kier alpha value is -1.67. The summed E-state index contributed by atoms with van der Waals surface area (Å²) in [6, 6.07) is 8.81. The monoisotopic (exact) mass is 463 g/mol. The van der Waals surface area contributed by atoms with E-state index in [1.165, 1.54) is 30.4 Å². The molecule has 1 aromatic carbocycles. The summed E-state index contributed by atoms with van der Waals surface area (Å²) >= 11 is 0. The minimum Gasteiger partial charge on any atom is -0.444 e. The second kappa shape index (κ2) is 18.7. The first-order valence-electron chi connectivity index (χ1n) is 12.8. The fourth-order valence-corrected chi connectivity index (χ4v) is 3.26. The Morgan fingerprint density at radius 3 is 1.76 bits per heavy atom. The minimum atomic E-state index is -0.446. The summed E-state index contributed by atoms with van der Waals surface area (Å²) in [5, 5.41) is 16.7. The summed E-state index contributed by atoms with van der Waals surface area (Å²) in [4.78, 5) is 11.6. The molecule has 33 heavy (non-hydrogen) atoms. The largest absolute Gasteiger partial charge is 0.444 e. The van der Waals surface area contributed by atoms with Gasteiger partial charge < -0.3 is 31.3 Å². The van der Waals surface area contributed by atoms with Crippen molar-refractivity contribution < 1.29 is 9.53 Å². The van der Waals surface area contributed by atoms with Crippen molar-refractivity contribution in [2.24, 2.45) is 0 Å². The topological polar surface area (TPSA) is 86.5 Å². The number of hydrogen-bond donors (Lipinski definition) is 5. The first-order chi connectivity index (χ1) is 15.9. The van der Waals surface area contributed by atoms with Gasteiger partial charge in [-0.05, 0) is 96.8 Å². The maximum absolute atomic E-state index is 11.6. The van der Waals surface area contributed by atoms with E-state index in [4.69, 9.17) is 4.74 Å². The maximum atomic E-state index is 11.6. The minimum absolute atomic E-state index is 0.346. The van der Waals surface area contributed by atoms with Crippen molar-refractivity contribution in [1.82, 2.24) is 26.6 Å². The molecule has 0 atom stereocenters. The second-order valence-electron chi connectivity index (χ2n) is 9.52. The maximum Gasteiger partial charge on any atom is 0.407 e. The number of rotatable bonds is 19. The predicted octanol–water partition coefficient (Wildman–Crippen LogP) is 3.54. The highest BCUT2D eigenvalue weighted by molar-refractivity contribution is 5.67. The highest BCUT2D eigenvalue weighted by Crippen LogP contribution is 2.06. The van der Waals surface area contributed by atoms with E-state index in [9.17, 15) is 4.79 Å². The van der Waals surface area contributed by atoms with Crippen molar-refractivity contribution in [3.63, 3.8) is 0 Å². The van der Waals surface area contributed by atoms with Crippen LogP contribution in [0.1, 0.15) is 70.9 Å². The molecule has 0 bridgehead atoms. The number of amides is 1. The van der Waals surface area contributed by atoms with Gasteiger partial charge in [-0.1, -0.05) is 37.6 Å². The van der Waals surface area contributed by atoms with Crippen LogP contribution in [-0.4, -0.2) is 57.5 Å². The zero-order valence-electron chi connectivity index (χ0n) is 21.5. The predicted molar refractivity (Wildman–Crippen MR) is 139 cm³/mol. The Bertz CT molecular complexity index is 619. The fourth-order valence-electron chi connectivity index (χ4n) is 3.26. The molecule has 7 heteroatoms. The third-order valence-corrected chi connectivity index (χ3v) is 4.97. The third kappa shape index (κ3) is 18.4. The molecule has 0 unspecified atom stereocenters. The summed E-state index contributed by atoms with van der Waals surface area (Å²) in [6.45, 7) is 16.4. The lowest BCUT2D eigenvalue weighted by atomic mass is 10.1. The Morgan fingerprint density at radius 1 is 0.758 bits per heavy atom. The zero-order valence-corrected chi connectivity index (χ0v) is 21.5. The highest BCUT2D eigenvalue weighted by Gasteiger charge is 2.15. The Labute approximate surface area is 202 Å². The number of carbonyl (C=O) groups excluding carboxylic acids is 1. The van der Waals surface area contributed by atoms with Gasteiger partial charge in [0.2, 0.25) is 0 Å². The SMILES string of the molecule is CCCCNCCCNCc1cccc(CNCCCNCCCNC(=O)OC(C)(C)C)c1. The molecule has 0 saturated carbocycles. The smallest absolute Gasteiger partial charge is 0.407 e. The van der Waals surface area contributed by atoms with Crippen LogP contribution < -0.4 is 26.6 Å². The number of unbranched alkanes of at least 4 members (excludes halogenated alkanes) is 1. The molecule has 0 radical (unpaired) electrons. The molecular formula is C26H49N5O2. The first kappa shape index (κ1) is 29.4. The van der Waals surface area contributed by atoms with E-state index in [-0.39, 0.29) is 6.09 Å². The average Bonchev–Trinajstić information content (AvgIpc) is 2.76. The molecule has 190 valence electrons. The molecule has 0 aromatic heterocycles. The molecule has 0 aliphatic carbocycles. The number of carbonyl (C=O) groups is 1. The Morgan fingerprint density at radius 2 is 1.24 bits per heavy atom. The normalized spacial score (nSPS) is 11.5. The van der Waals surface area contributed by atoms with Gasteiger partial charge >= 0.3 is 6.09 Å². The molecule has 7 nitrogen and oxygen atoms in total. The van der Waals surface area contributed by atoms with E-state index in [1.54, 1.807) is 0 Å². The van der Waals surface area contributed by atoms with Gasteiger partial charge in [0.1, 0.15) is 5.60 Å².